The van der Waals surface area contributed by atoms with Crippen LogP contribution in [-0.2, 0) is 4.79 Å². The first-order chi connectivity index (χ1) is 10.5. The van der Waals surface area contributed by atoms with Crippen molar-refractivity contribution >= 4 is 40.5 Å². The van der Waals surface area contributed by atoms with Crippen molar-refractivity contribution in [3.63, 3.8) is 0 Å². The second-order valence-corrected chi connectivity index (χ2v) is 5.07. The SMILES string of the molecule is O=C(CCl)Nc1ccc(Cl)cc1/C(=N/O)c1cccc(O)c1. The van der Waals surface area contributed by atoms with Crippen LogP contribution in [0.25, 0.3) is 0 Å². The molecule has 0 saturated carbocycles. The molecule has 0 fully saturated rings. The smallest absolute Gasteiger partial charge is 0.239 e. The van der Waals surface area contributed by atoms with Gasteiger partial charge in [0.25, 0.3) is 0 Å². The fraction of sp³-hybridized carbons (Fsp3) is 0.0667. The number of benzene rings is 2. The van der Waals surface area contributed by atoms with Gasteiger partial charge in [-0.3, -0.25) is 4.79 Å². The lowest BCUT2D eigenvalue weighted by Gasteiger charge is -2.12. The number of nitrogens with zero attached hydrogens (tertiary/aromatic N) is 1. The Hall–Kier alpha value is -2.24. The zero-order valence-corrected chi connectivity index (χ0v) is 12.8. The second kappa shape index (κ2) is 7.15. The van der Waals surface area contributed by atoms with Crippen molar-refractivity contribution in [3.8, 4) is 5.75 Å². The molecular weight excluding hydrogens is 327 g/mol. The van der Waals surface area contributed by atoms with Gasteiger partial charge in [-0.1, -0.05) is 28.9 Å². The molecule has 3 N–H and O–H groups in total. The van der Waals surface area contributed by atoms with Gasteiger partial charge in [-0.15, -0.1) is 11.6 Å². The van der Waals surface area contributed by atoms with Crippen molar-refractivity contribution in [2.45, 2.75) is 0 Å². The highest BCUT2D eigenvalue weighted by Gasteiger charge is 2.15. The van der Waals surface area contributed by atoms with Crippen molar-refractivity contribution in [3.05, 3.63) is 58.6 Å². The monoisotopic (exact) mass is 338 g/mol. The van der Waals surface area contributed by atoms with Gasteiger partial charge in [0.2, 0.25) is 5.91 Å². The third-order valence-corrected chi connectivity index (χ3v) is 3.33. The first-order valence-electron chi connectivity index (χ1n) is 6.22. The van der Waals surface area contributed by atoms with E-state index < -0.39 is 5.91 Å². The summed E-state index contributed by atoms with van der Waals surface area (Å²) < 4.78 is 0. The van der Waals surface area contributed by atoms with E-state index in [9.17, 15) is 15.1 Å². The van der Waals surface area contributed by atoms with E-state index in [1.165, 1.54) is 12.1 Å². The highest BCUT2D eigenvalue weighted by Crippen LogP contribution is 2.25. The van der Waals surface area contributed by atoms with E-state index in [0.29, 0.717) is 21.8 Å². The van der Waals surface area contributed by atoms with Crippen LogP contribution in [0.4, 0.5) is 5.69 Å². The molecule has 0 aliphatic carbocycles. The maximum atomic E-state index is 11.5. The first-order valence-corrected chi connectivity index (χ1v) is 7.13. The first kappa shape index (κ1) is 16.1. The van der Waals surface area contributed by atoms with Crippen LogP contribution in [0.2, 0.25) is 5.02 Å². The molecule has 0 spiro atoms. The molecular formula is C15H12Cl2N2O3. The van der Waals surface area contributed by atoms with E-state index in [-0.39, 0.29) is 17.3 Å². The molecule has 1 amide bonds. The van der Waals surface area contributed by atoms with Gasteiger partial charge >= 0.3 is 0 Å². The zero-order chi connectivity index (χ0) is 16.1. The Balaban J connectivity index is 2.53. The van der Waals surface area contributed by atoms with Crippen LogP contribution >= 0.6 is 23.2 Å². The van der Waals surface area contributed by atoms with Crippen LogP contribution in [0.5, 0.6) is 5.75 Å². The van der Waals surface area contributed by atoms with Crippen molar-refractivity contribution < 1.29 is 15.1 Å². The molecule has 0 heterocycles. The summed E-state index contributed by atoms with van der Waals surface area (Å²) in [6.45, 7) is 0. The van der Waals surface area contributed by atoms with Crippen LogP contribution in [-0.4, -0.2) is 27.8 Å². The largest absolute Gasteiger partial charge is 0.508 e. The van der Waals surface area contributed by atoms with Gasteiger partial charge in [0, 0.05) is 16.1 Å². The lowest BCUT2D eigenvalue weighted by molar-refractivity contribution is -0.113. The van der Waals surface area contributed by atoms with Gasteiger partial charge in [0.1, 0.15) is 17.3 Å². The number of phenolic OH excluding ortho intramolecular Hbond substituents is 1. The molecule has 0 aliphatic heterocycles. The van der Waals surface area contributed by atoms with Crippen LogP contribution in [0.15, 0.2) is 47.6 Å². The predicted molar refractivity (Wildman–Crippen MR) is 86.3 cm³/mol. The number of carbonyl (C=O) groups is 1. The summed E-state index contributed by atoms with van der Waals surface area (Å²) in [5, 5.41) is 25.2. The Kier molecular flexibility index (Phi) is 5.25. The minimum absolute atomic E-state index is 0.0204. The number of carbonyl (C=O) groups excluding carboxylic acids is 1. The molecule has 2 aromatic rings. The van der Waals surface area contributed by atoms with Crippen molar-refractivity contribution in [2.24, 2.45) is 5.16 Å². The lowest BCUT2D eigenvalue weighted by atomic mass is 10.0. The normalized spacial score (nSPS) is 11.3. The molecule has 7 heteroatoms. The van der Waals surface area contributed by atoms with Crippen LogP contribution < -0.4 is 5.32 Å². The number of amides is 1. The maximum absolute atomic E-state index is 11.5. The van der Waals surface area contributed by atoms with E-state index in [4.69, 9.17) is 23.2 Å². The molecule has 0 aliphatic rings. The summed E-state index contributed by atoms with van der Waals surface area (Å²) in [5.74, 6) is -0.592. The van der Waals surface area contributed by atoms with Crippen molar-refractivity contribution in [2.75, 3.05) is 11.2 Å². The van der Waals surface area contributed by atoms with Gasteiger partial charge in [-0.2, -0.15) is 0 Å². The number of aromatic hydroxyl groups is 1. The quantitative estimate of drug-likeness (QED) is 0.345. The number of hydrogen-bond acceptors (Lipinski definition) is 4. The van der Waals surface area contributed by atoms with Gasteiger partial charge < -0.3 is 15.6 Å². The molecule has 0 radical (unpaired) electrons. The predicted octanol–water partition coefficient (Wildman–Crippen LogP) is 3.45. The van der Waals surface area contributed by atoms with E-state index in [2.05, 4.69) is 10.5 Å². The summed E-state index contributed by atoms with van der Waals surface area (Å²) in [6.07, 6.45) is 0. The highest BCUT2D eigenvalue weighted by molar-refractivity contribution is 6.32. The Bertz CT molecular complexity index is 732. The molecule has 0 aromatic heterocycles. The second-order valence-electron chi connectivity index (χ2n) is 4.37. The molecule has 5 nitrogen and oxygen atoms in total. The molecule has 22 heavy (non-hydrogen) atoms. The van der Waals surface area contributed by atoms with E-state index in [1.54, 1.807) is 30.3 Å². The number of rotatable bonds is 4. The molecule has 2 rings (SSSR count). The Morgan fingerprint density at radius 1 is 1.23 bits per heavy atom. The summed E-state index contributed by atoms with van der Waals surface area (Å²) in [5.41, 5.74) is 1.42. The number of alkyl halides is 1. The third-order valence-electron chi connectivity index (χ3n) is 2.85. The number of anilines is 1. The molecule has 0 atom stereocenters. The molecule has 0 bridgehead atoms. The Labute approximate surface area is 136 Å². The number of phenols is 1. The Morgan fingerprint density at radius 2 is 2.00 bits per heavy atom. The average molecular weight is 339 g/mol. The molecule has 2 aromatic carbocycles. The van der Waals surface area contributed by atoms with Crippen molar-refractivity contribution in [1.29, 1.82) is 0 Å². The molecule has 0 saturated heterocycles. The average Bonchev–Trinajstić information content (AvgIpc) is 2.50. The van der Waals surface area contributed by atoms with Gasteiger partial charge in [0.05, 0.1) is 5.69 Å². The fourth-order valence-corrected chi connectivity index (χ4v) is 2.16. The van der Waals surface area contributed by atoms with E-state index in [1.807, 2.05) is 0 Å². The minimum atomic E-state index is -0.404. The van der Waals surface area contributed by atoms with Crippen LogP contribution in [0, 0.1) is 0 Å². The number of oxime groups is 1. The number of hydrogen-bond donors (Lipinski definition) is 3. The maximum Gasteiger partial charge on any atom is 0.239 e. The van der Waals surface area contributed by atoms with Crippen LogP contribution in [0.3, 0.4) is 0 Å². The summed E-state index contributed by atoms with van der Waals surface area (Å²) >= 11 is 11.5. The fourth-order valence-electron chi connectivity index (χ4n) is 1.93. The van der Waals surface area contributed by atoms with E-state index >= 15 is 0 Å². The Morgan fingerprint density at radius 3 is 2.64 bits per heavy atom. The van der Waals surface area contributed by atoms with Crippen molar-refractivity contribution in [1.82, 2.24) is 0 Å². The summed E-state index contributed by atoms with van der Waals surface area (Å²) in [4.78, 5) is 11.5. The topological polar surface area (TPSA) is 81.9 Å². The summed E-state index contributed by atoms with van der Waals surface area (Å²) in [7, 11) is 0. The lowest BCUT2D eigenvalue weighted by Crippen LogP contribution is -2.16. The van der Waals surface area contributed by atoms with E-state index in [0.717, 1.165) is 0 Å². The third kappa shape index (κ3) is 3.69. The van der Waals surface area contributed by atoms with Gasteiger partial charge in [0.15, 0.2) is 0 Å². The van der Waals surface area contributed by atoms with Gasteiger partial charge in [-0.25, -0.2) is 0 Å². The summed E-state index contributed by atoms with van der Waals surface area (Å²) in [6, 6.07) is 10.9. The number of halogens is 2. The van der Waals surface area contributed by atoms with Gasteiger partial charge in [-0.05, 0) is 30.3 Å². The standard InChI is InChI=1S/C15H12Cl2N2O3/c16-8-14(21)18-13-5-4-10(17)7-12(13)15(19-22)9-2-1-3-11(20)6-9/h1-7,20,22H,8H2,(H,18,21)/b19-15+. The minimum Gasteiger partial charge on any atom is -0.508 e. The highest BCUT2D eigenvalue weighted by atomic mass is 35.5. The number of nitrogens with one attached hydrogen (secondary N) is 1. The zero-order valence-electron chi connectivity index (χ0n) is 11.3. The van der Waals surface area contributed by atoms with Crippen LogP contribution in [0.1, 0.15) is 11.1 Å². The molecule has 114 valence electrons. The molecule has 0 unspecified atom stereocenters.